The van der Waals surface area contributed by atoms with Crippen molar-refractivity contribution in [2.75, 3.05) is 13.1 Å². The summed E-state index contributed by atoms with van der Waals surface area (Å²) in [7, 11) is 0. The van der Waals surface area contributed by atoms with Gasteiger partial charge < -0.3 is 10.0 Å². The van der Waals surface area contributed by atoms with Crippen LogP contribution >= 0.6 is 0 Å². The van der Waals surface area contributed by atoms with Crippen molar-refractivity contribution in [2.45, 2.75) is 13.3 Å². The fourth-order valence-corrected chi connectivity index (χ4v) is 2.10. The summed E-state index contributed by atoms with van der Waals surface area (Å²) in [6.45, 7) is 2.04. The number of hydrogen-bond donors (Lipinski definition) is 1. The Kier molecular flexibility index (Phi) is 3.50. The monoisotopic (exact) mass is 269 g/mol. The van der Waals surface area contributed by atoms with E-state index in [-0.39, 0.29) is 23.5 Å². The first kappa shape index (κ1) is 13.5. The number of amides is 1. The first-order valence-corrected chi connectivity index (χ1v) is 5.85. The lowest BCUT2D eigenvalue weighted by Gasteiger charge is -2.38. The van der Waals surface area contributed by atoms with Gasteiger partial charge >= 0.3 is 5.97 Å². The Morgan fingerprint density at radius 3 is 2.53 bits per heavy atom. The molecule has 1 aromatic rings. The maximum Gasteiger partial charge on any atom is 0.303 e. The summed E-state index contributed by atoms with van der Waals surface area (Å²) in [6.07, 6.45) is -0.00525. The molecule has 6 heteroatoms. The maximum atomic E-state index is 13.5. The average molecular weight is 269 g/mol. The van der Waals surface area contributed by atoms with Gasteiger partial charge in [-0.1, -0.05) is 0 Å². The molecule has 0 bridgehead atoms. The summed E-state index contributed by atoms with van der Waals surface area (Å²) < 4.78 is 26.6. The molecule has 0 spiro atoms. The second-order valence-electron chi connectivity index (χ2n) is 4.76. The predicted molar refractivity (Wildman–Crippen MR) is 62.7 cm³/mol. The van der Waals surface area contributed by atoms with Gasteiger partial charge in [-0.3, -0.25) is 9.59 Å². The molecule has 0 radical (unpaired) electrons. The Balaban J connectivity index is 2.06. The Bertz CT molecular complexity index is 539. The van der Waals surface area contributed by atoms with E-state index >= 15 is 0 Å². The highest BCUT2D eigenvalue weighted by molar-refractivity contribution is 5.95. The summed E-state index contributed by atoms with van der Waals surface area (Å²) >= 11 is 0. The SMILES string of the molecule is Cc1cc(C(=O)N2CC(CC(=O)O)C2)c(F)cc1F. The lowest BCUT2D eigenvalue weighted by atomic mass is 9.95. The number of benzene rings is 1. The first-order valence-electron chi connectivity index (χ1n) is 5.85. The molecule has 1 fully saturated rings. The molecule has 0 atom stereocenters. The van der Waals surface area contributed by atoms with Gasteiger partial charge in [-0.05, 0) is 18.6 Å². The molecule has 1 N–H and O–H groups in total. The molecule has 19 heavy (non-hydrogen) atoms. The highest BCUT2D eigenvalue weighted by atomic mass is 19.1. The lowest BCUT2D eigenvalue weighted by molar-refractivity contribution is -0.139. The van der Waals surface area contributed by atoms with E-state index in [4.69, 9.17) is 5.11 Å². The number of rotatable bonds is 3. The predicted octanol–water partition coefficient (Wildman–Crippen LogP) is 1.82. The minimum Gasteiger partial charge on any atom is -0.481 e. The number of halogens is 2. The number of hydrogen-bond acceptors (Lipinski definition) is 2. The minimum atomic E-state index is -0.916. The highest BCUT2D eigenvalue weighted by Crippen LogP contribution is 2.23. The zero-order valence-electron chi connectivity index (χ0n) is 10.3. The van der Waals surface area contributed by atoms with E-state index in [9.17, 15) is 18.4 Å². The molecule has 1 aromatic carbocycles. The van der Waals surface area contributed by atoms with E-state index in [0.29, 0.717) is 19.2 Å². The number of carbonyl (C=O) groups is 2. The van der Waals surface area contributed by atoms with Crippen LogP contribution in [0.5, 0.6) is 0 Å². The largest absolute Gasteiger partial charge is 0.481 e. The fraction of sp³-hybridized carbons (Fsp3) is 0.385. The topological polar surface area (TPSA) is 57.6 Å². The van der Waals surface area contributed by atoms with E-state index in [1.165, 1.54) is 17.9 Å². The molecular weight excluding hydrogens is 256 g/mol. The molecule has 0 aromatic heterocycles. The zero-order valence-corrected chi connectivity index (χ0v) is 10.3. The molecule has 1 saturated heterocycles. The highest BCUT2D eigenvalue weighted by Gasteiger charge is 2.33. The van der Waals surface area contributed by atoms with Crippen LogP contribution in [0.25, 0.3) is 0 Å². The second-order valence-corrected chi connectivity index (χ2v) is 4.76. The van der Waals surface area contributed by atoms with Gasteiger partial charge in [0, 0.05) is 25.1 Å². The van der Waals surface area contributed by atoms with Crippen molar-refractivity contribution in [3.8, 4) is 0 Å². The summed E-state index contributed by atoms with van der Waals surface area (Å²) in [5.41, 5.74) is 0.0278. The quantitative estimate of drug-likeness (QED) is 0.910. The number of nitrogens with zero attached hydrogens (tertiary/aromatic N) is 1. The van der Waals surface area contributed by atoms with Gasteiger partial charge in [0.25, 0.3) is 5.91 Å². The van der Waals surface area contributed by atoms with Crippen LogP contribution in [0, 0.1) is 24.5 Å². The number of aliphatic carboxylic acids is 1. The Hall–Kier alpha value is -1.98. The van der Waals surface area contributed by atoms with Crippen LogP contribution in [0.15, 0.2) is 12.1 Å². The van der Waals surface area contributed by atoms with Crippen LogP contribution in [0.3, 0.4) is 0 Å². The molecule has 4 nitrogen and oxygen atoms in total. The van der Waals surface area contributed by atoms with E-state index < -0.39 is 23.5 Å². The lowest BCUT2D eigenvalue weighted by Crippen LogP contribution is -2.50. The average Bonchev–Trinajstić information content (AvgIpc) is 2.27. The minimum absolute atomic E-state index is 0.00525. The summed E-state index contributed by atoms with van der Waals surface area (Å²) in [6, 6.07) is 1.87. The van der Waals surface area contributed by atoms with Gasteiger partial charge in [0.05, 0.1) is 12.0 Å². The molecule has 1 aliphatic heterocycles. The number of carboxylic acid groups (broad SMARTS) is 1. The Morgan fingerprint density at radius 1 is 1.32 bits per heavy atom. The summed E-state index contributed by atoms with van der Waals surface area (Å²) in [5, 5.41) is 8.60. The third-order valence-corrected chi connectivity index (χ3v) is 3.19. The van der Waals surface area contributed by atoms with Crippen molar-refractivity contribution in [1.29, 1.82) is 0 Å². The molecule has 1 heterocycles. The number of likely N-dealkylation sites (tertiary alicyclic amines) is 1. The second kappa shape index (κ2) is 4.95. The third-order valence-electron chi connectivity index (χ3n) is 3.19. The van der Waals surface area contributed by atoms with Crippen molar-refractivity contribution in [3.63, 3.8) is 0 Å². The number of aryl methyl sites for hydroxylation is 1. The van der Waals surface area contributed by atoms with Crippen LogP contribution in [-0.2, 0) is 4.79 Å². The van der Waals surface area contributed by atoms with Crippen LogP contribution in [0.4, 0.5) is 8.78 Å². The van der Waals surface area contributed by atoms with Crippen molar-refractivity contribution >= 4 is 11.9 Å². The van der Waals surface area contributed by atoms with Gasteiger partial charge in [0.15, 0.2) is 0 Å². The van der Waals surface area contributed by atoms with E-state index in [0.717, 1.165) is 0 Å². The van der Waals surface area contributed by atoms with Gasteiger partial charge in [-0.15, -0.1) is 0 Å². The van der Waals surface area contributed by atoms with Gasteiger partial charge in [0.2, 0.25) is 0 Å². The smallest absolute Gasteiger partial charge is 0.303 e. The van der Waals surface area contributed by atoms with Crippen molar-refractivity contribution in [1.82, 2.24) is 4.90 Å². The van der Waals surface area contributed by atoms with Gasteiger partial charge in [-0.25, -0.2) is 8.78 Å². The van der Waals surface area contributed by atoms with Crippen molar-refractivity contribution in [2.24, 2.45) is 5.92 Å². The van der Waals surface area contributed by atoms with E-state index in [1.807, 2.05) is 0 Å². The van der Waals surface area contributed by atoms with Gasteiger partial charge in [-0.2, -0.15) is 0 Å². The fourth-order valence-electron chi connectivity index (χ4n) is 2.10. The summed E-state index contributed by atoms with van der Waals surface area (Å²) in [5.74, 6) is -3.12. The standard InChI is InChI=1S/C13H13F2NO3/c1-7-2-9(11(15)4-10(7)14)13(19)16-5-8(6-16)3-12(17)18/h2,4,8H,3,5-6H2,1H3,(H,17,18). The van der Waals surface area contributed by atoms with Gasteiger partial charge in [0.1, 0.15) is 11.6 Å². The number of carbonyl (C=O) groups excluding carboxylic acids is 1. The van der Waals surface area contributed by atoms with Crippen LogP contribution in [0.1, 0.15) is 22.3 Å². The molecule has 2 rings (SSSR count). The molecule has 0 unspecified atom stereocenters. The van der Waals surface area contributed by atoms with Crippen molar-refractivity contribution in [3.05, 3.63) is 34.9 Å². The maximum absolute atomic E-state index is 13.5. The van der Waals surface area contributed by atoms with Crippen LogP contribution in [0.2, 0.25) is 0 Å². The zero-order chi connectivity index (χ0) is 14.2. The third kappa shape index (κ3) is 2.72. The van der Waals surface area contributed by atoms with Crippen molar-refractivity contribution < 1.29 is 23.5 Å². The molecule has 102 valence electrons. The molecule has 0 aliphatic carbocycles. The summed E-state index contributed by atoms with van der Waals surface area (Å²) in [4.78, 5) is 23.8. The first-order chi connectivity index (χ1) is 8.88. The van der Waals surface area contributed by atoms with Crippen LogP contribution in [-0.4, -0.2) is 35.0 Å². The van der Waals surface area contributed by atoms with E-state index in [1.54, 1.807) is 0 Å². The Morgan fingerprint density at radius 2 is 1.95 bits per heavy atom. The number of carboxylic acids is 1. The van der Waals surface area contributed by atoms with E-state index in [2.05, 4.69) is 0 Å². The normalized spacial score (nSPS) is 15.2. The molecule has 0 saturated carbocycles. The molecular formula is C13H13F2NO3. The molecule has 1 amide bonds. The van der Waals surface area contributed by atoms with Crippen LogP contribution < -0.4 is 0 Å². The molecule has 1 aliphatic rings. The Labute approximate surface area is 108 Å².